The van der Waals surface area contributed by atoms with E-state index in [1.165, 1.54) is 44.6 Å². The SMILES string of the molecule is C1CCNCC1.O=C(O)C1=CC=N1. The first kappa shape index (κ1) is 9.92. The average Bonchev–Trinajstić information content (AvgIpc) is 2.04. The molecule has 0 amide bonds. The second-order valence-electron chi connectivity index (χ2n) is 2.95. The lowest BCUT2D eigenvalue weighted by atomic mass is 10.2. The highest BCUT2D eigenvalue weighted by atomic mass is 16.4. The Labute approximate surface area is 77.4 Å². The molecule has 0 aromatic heterocycles. The zero-order valence-corrected chi connectivity index (χ0v) is 7.49. The van der Waals surface area contributed by atoms with Crippen LogP contribution in [0.1, 0.15) is 19.3 Å². The lowest BCUT2D eigenvalue weighted by molar-refractivity contribution is -0.132. The molecule has 0 saturated carbocycles. The van der Waals surface area contributed by atoms with Crippen molar-refractivity contribution >= 4 is 12.2 Å². The topological polar surface area (TPSA) is 61.7 Å². The van der Waals surface area contributed by atoms with E-state index >= 15 is 0 Å². The van der Waals surface area contributed by atoms with Crippen LogP contribution in [-0.4, -0.2) is 30.4 Å². The molecule has 0 aromatic rings. The molecular weight excluding hydrogens is 168 g/mol. The molecule has 0 atom stereocenters. The number of allylic oxidation sites excluding steroid dienone is 1. The van der Waals surface area contributed by atoms with Crippen LogP contribution in [-0.2, 0) is 4.79 Å². The third-order valence-electron chi connectivity index (χ3n) is 1.87. The molecule has 72 valence electrons. The minimum Gasteiger partial charge on any atom is -0.477 e. The number of nitrogens with zero attached hydrogens (tertiary/aromatic N) is 1. The largest absolute Gasteiger partial charge is 0.477 e. The predicted molar refractivity (Wildman–Crippen MR) is 50.9 cm³/mol. The summed E-state index contributed by atoms with van der Waals surface area (Å²) in [5.41, 5.74) is 0.139. The van der Waals surface area contributed by atoms with E-state index in [4.69, 9.17) is 5.11 Å². The normalized spacial score (nSPS) is 19.2. The zero-order valence-electron chi connectivity index (χ0n) is 7.49. The first-order valence-corrected chi connectivity index (χ1v) is 4.49. The van der Waals surface area contributed by atoms with Crippen LogP contribution in [0.5, 0.6) is 0 Å². The van der Waals surface area contributed by atoms with Crippen molar-refractivity contribution in [1.82, 2.24) is 5.32 Å². The summed E-state index contributed by atoms with van der Waals surface area (Å²) >= 11 is 0. The van der Waals surface area contributed by atoms with Gasteiger partial charge < -0.3 is 10.4 Å². The molecule has 1 fully saturated rings. The maximum atomic E-state index is 9.80. The Hall–Kier alpha value is -1.16. The maximum absolute atomic E-state index is 9.80. The summed E-state index contributed by atoms with van der Waals surface area (Å²) in [5.74, 6) is -0.956. The van der Waals surface area contributed by atoms with Crippen molar-refractivity contribution in [3.8, 4) is 0 Å². The van der Waals surface area contributed by atoms with Gasteiger partial charge in [-0.15, -0.1) is 0 Å². The number of carboxylic acid groups (broad SMARTS) is 1. The van der Waals surface area contributed by atoms with Gasteiger partial charge in [-0.05, 0) is 32.0 Å². The first-order chi connectivity index (χ1) is 6.30. The molecule has 2 aliphatic heterocycles. The minimum atomic E-state index is -0.956. The Kier molecular flexibility index (Phi) is 4.18. The minimum absolute atomic E-state index is 0.139. The van der Waals surface area contributed by atoms with E-state index in [9.17, 15) is 4.79 Å². The standard InChI is InChI=1S/C5H11N.C4H3NO2/c1-2-4-6-5-3-1;6-4(7)3-1-2-5-3/h6H,1-5H2;1-2H,(H,6,7). The highest BCUT2D eigenvalue weighted by Crippen LogP contribution is 2.01. The molecule has 0 aromatic carbocycles. The molecule has 1 saturated heterocycles. The van der Waals surface area contributed by atoms with Crippen LogP contribution in [0.3, 0.4) is 0 Å². The van der Waals surface area contributed by atoms with Crippen molar-refractivity contribution in [2.24, 2.45) is 4.99 Å². The molecule has 0 unspecified atom stereocenters. The van der Waals surface area contributed by atoms with Crippen LogP contribution < -0.4 is 5.32 Å². The van der Waals surface area contributed by atoms with Gasteiger partial charge in [0.2, 0.25) is 0 Å². The molecule has 4 nitrogen and oxygen atoms in total. The number of hydrogen-bond acceptors (Lipinski definition) is 3. The van der Waals surface area contributed by atoms with Gasteiger partial charge in [-0.1, -0.05) is 6.42 Å². The molecule has 0 aliphatic carbocycles. The summed E-state index contributed by atoms with van der Waals surface area (Å²) < 4.78 is 0. The summed E-state index contributed by atoms with van der Waals surface area (Å²) in [7, 11) is 0. The molecule has 2 N–H and O–H groups in total. The monoisotopic (exact) mass is 182 g/mol. The summed E-state index contributed by atoms with van der Waals surface area (Å²) in [4.78, 5) is 13.2. The summed E-state index contributed by atoms with van der Waals surface area (Å²) in [6.45, 7) is 2.50. The van der Waals surface area contributed by atoms with Crippen LogP contribution in [0, 0.1) is 0 Å². The highest BCUT2D eigenvalue weighted by molar-refractivity contribution is 5.98. The number of aliphatic carboxylic acids is 1. The van der Waals surface area contributed by atoms with E-state index in [0.29, 0.717) is 0 Å². The second-order valence-corrected chi connectivity index (χ2v) is 2.95. The van der Waals surface area contributed by atoms with Gasteiger partial charge in [0.15, 0.2) is 0 Å². The van der Waals surface area contributed by atoms with Crippen molar-refractivity contribution in [2.45, 2.75) is 19.3 Å². The quantitative estimate of drug-likeness (QED) is 0.630. The van der Waals surface area contributed by atoms with E-state index in [2.05, 4.69) is 10.3 Å². The van der Waals surface area contributed by atoms with Gasteiger partial charge >= 0.3 is 5.97 Å². The Balaban J connectivity index is 0.000000132. The second kappa shape index (κ2) is 5.48. The van der Waals surface area contributed by atoms with Gasteiger partial charge in [0.05, 0.1) is 0 Å². The van der Waals surface area contributed by atoms with Crippen molar-refractivity contribution in [3.63, 3.8) is 0 Å². The first-order valence-electron chi connectivity index (χ1n) is 4.49. The van der Waals surface area contributed by atoms with Gasteiger partial charge in [0.1, 0.15) is 5.70 Å². The summed E-state index contributed by atoms with van der Waals surface area (Å²) in [5, 5.41) is 11.3. The number of nitrogens with one attached hydrogen (secondary N) is 1. The molecule has 13 heavy (non-hydrogen) atoms. The molecular formula is C9H14N2O2. The number of carbonyl (C=O) groups is 1. The van der Waals surface area contributed by atoms with Crippen molar-refractivity contribution in [1.29, 1.82) is 0 Å². The fourth-order valence-electron chi connectivity index (χ4n) is 1.08. The third-order valence-corrected chi connectivity index (χ3v) is 1.87. The van der Waals surface area contributed by atoms with E-state index in [0.717, 1.165) is 0 Å². The average molecular weight is 182 g/mol. The zero-order chi connectivity index (χ0) is 9.52. The van der Waals surface area contributed by atoms with Gasteiger partial charge in [0, 0.05) is 6.21 Å². The summed E-state index contributed by atoms with van der Waals surface area (Å²) in [6.07, 6.45) is 7.11. The van der Waals surface area contributed by atoms with E-state index < -0.39 is 5.97 Å². The fraction of sp³-hybridized carbons (Fsp3) is 0.556. The van der Waals surface area contributed by atoms with Crippen LogP contribution in [0.15, 0.2) is 16.8 Å². The van der Waals surface area contributed by atoms with Gasteiger partial charge in [0.25, 0.3) is 0 Å². The van der Waals surface area contributed by atoms with Gasteiger partial charge in [-0.25, -0.2) is 9.79 Å². The predicted octanol–water partition coefficient (Wildman–Crippen LogP) is 0.799. The molecule has 2 rings (SSSR count). The number of aliphatic imine (C=N–C) groups is 1. The Morgan fingerprint density at radius 2 is 2.00 bits per heavy atom. The van der Waals surface area contributed by atoms with Crippen LogP contribution >= 0.6 is 0 Å². The molecule has 0 bridgehead atoms. The van der Waals surface area contributed by atoms with Crippen molar-refractivity contribution in [2.75, 3.05) is 13.1 Å². The molecule has 0 radical (unpaired) electrons. The van der Waals surface area contributed by atoms with Crippen molar-refractivity contribution in [3.05, 3.63) is 11.8 Å². The number of hydrogen-bond donors (Lipinski definition) is 2. The maximum Gasteiger partial charge on any atom is 0.354 e. The lowest BCUT2D eigenvalue weighted by Crippen LogP contribution is -2.21. The number of carboxylic acids is 1. The van der Waals surface area contributed by atoms with E-state index in [1.807, 2.05) is 0 Å². The number of rotatable bonds is 1. The highest BCUT2D eigenvalue weighted by Gasteiger charge is 2.06. The number of piperidine rings is 1. The Bertz CT molecular complexity index is 218. The molecule has 4 heteroatoms. The molecule has 0 spiro atoms. The third kappa shape index (κ3) is 3.85. The van der Waals surface area contributed by atoms with Crippen LogP contribution in [0.4, 0.5) is 0 Å². The lowest BCUT2D eigenvalue weighted by Gasteiger charge is -2.08. The Morgan fingerprint density at radius 3 is 2.08 bits per heavy atom. The van der Waals surface area contributed by atoms with E-state index in [1.54, 1.807) is 0 Å². The fourth-order valence-corrected chi connectivity index (χ4v) is 1.08. The van der Waals surface area contributed by atoms with Gasteiger partial charge in [-0.2, -0.15) is 0 Å². The Morgan fingerprint density at radius 1 is 1.38 bits per heavy atom. The summed E-state index contributed by atoms with van der Waals surface area (Å²) in [6, 6.07) is 0. The molecule has 2 heterocycles. The van der Waals surface area contributed by atoms with E-state index in [-0.39, 0.29) is 5.70 Å². The van der Waals surface area contributed by atoms with Gasteiger partial charge in [-0.3, -0.25) is 0 Å². The molecule has 2 aliphatic rings. The van der Waals surface area contributed by atoms with Crippen molar-refractivity contribution < 1.29 is 9.90 Å². The smallest absolute Gasteiger partial charge is 0.354 e. The van der Waals surface area contributed by atoms with Crippen LogP contribution in [0.25, 0.3) is 0 Å². The van der Waals surface area contributed by atoms with Crippen LogP contribution in [0.2, 0.25) is 0 Å².